The number of carbonyl (C=O) groups excluding carboxylic acids is 2. The Morgan fingerprint density at radius 1 is 1.14 bits per heavy atom. The molecule has 1 heterocycles. The molecule has 0 aliphatic rings. The van der Waals surface area contributed by atoms with E-state index < -0.39 is 0 Å². The van der Waals surface area contributed by atoms with Gasteiger partial charge in [0.2, 0.25) is 0 Å². The van der Waals surface area contributed by atoms with E-state index >= 15 is 0 Å². The molecule has 1 aromatic heterocycles. The second kappa shape index (κ2) is 8.99. The minimum absolute atomic E-state index is 0.126. The van der Waals surface area contributed by atoms with E-state index in [9.17, 15) is 9.59 Å². The van der Waals surface area contributed by atoms with E-state index in [1.165, 1.54) is 11.8 Å². The molecule has 3 rings (SSSR count). The summed E-state index contributed by atoms with van der Waals surface area (Å²) in [5, 5.41) is 1.54. The standard InChI is InChI=1S/C20H18Cl2N2O3S/c1-3-24-17-8-5-12(19(26)27-4-2)9-16(17)23-20(24)28-11-18(25)14-10-13(21)6-7-15(14)22/h5-10H,3-4,11H2,1-2H3. The molecule has 0 saturated carbocycles. The lowest BCUT2D eigenvalue weighted by molar-refractivity contribution is 0.0526. The summed E-state index contributed by atoms with van der Waals surface area (Å²) in [5.41, 5.74) is 2.42. The number of fused-ring (bicyclic) bond motifs is 1. The zero-order chi connectivity index (χ0) is 20.3. The van der Waals surface area contributed by atoms with Gasteiger partial charge in [0.15, 0.2) is 10.9 Å². The summed E-state index contributed by atoms with van der Waals surface area (Å²) < 4.78 is 7.04. The number of aryl methyl sites for hydroxylation is 1. The number of halogens is 2. The lowest BCUT2D eigenvalue weighted by Gasteiger charge is -2.07. The van der Waals surface area contributed by atoms with Gasteiger partial charge in [-0.2, -0.15) is 0 Å². The maximum absolute atomic E-state index is 12.6. The number of carbonyl (C=O) groups is 2. The molecule has 0 radical (unpaired) electrons. The lowest BCUT2D eigenvalue weighted by atomic mass is 10.1. The number of ketones is 1. The molecule has 0 aliphatic carbocycles. The molecule has 0 amide bonds. The Morgan fingerprint density at radius 3 is 2.64 bits per heavy atom. The maximum atomic E-state index is 12.6. The van der Waals surface area contributed by atoms with Crippen LogP contribution in [0.25, 0.3) is 11.0 Å². The van der Waals surface area contributed by atoms with E-state index in [0.29, 0.717) is 45.0 Å². The third-order valence-electron chi connectivity index (χ3n) is 4.10. The van der Waals surface area contributed by atoms with Gasteiger partial charge in [0.1, 0.15) is 0 Å². The molecule has 8 heteroatoms. The molecular formula is C20H18Cl2N2O3S. The first-order valence-electron chi connectivity index (χ1n) is 8.73. The number of rotatable bonds is 7. The van der Waals surface area contributed by atoms with E-state index in [2.05, 4.69) is 4.98 Å². The van der Waals surface area contributed by atoms with Crippen molar-refractivity contribution in [2.45, 2.75) is 25.5 Å². The Labute approximate surface area is 177 Å². The van der Waals surface area contributed by atoms with Crippen LogP contribution in [0.2, 0.25) is 10.0 Å². The first-order chi connectivity index (χ1) is 13.4. The lowest BCUT2D eigenvalue weighted by Crippen LogP contribution is -2.05. The van der Waals surface area contributed by atoms with Gasteiger partial charge in [0, 0.05) is 17.1 Å². The number of nitrogens with zero attached hydrogens (tertiary/aromatic N) is 2. The summed E-state index contributed by atoms with van der Waals surface area (Å²) in [6, 6.07) is 10.1. The second-order valence-electron chi connectivity index (χ2n) is 5.90. The first-order valence-corrected chi connectivity index (χ1v) is 10.5. The van der Waals surface area contributed by atoms with E-state index in [1.54, 1.807) is 37.3 Å². The molecule has 28 heavy (non-hydrogen) atoms. The zero-order valence-electron chi connectivity index (χ0n) is 15.4. The van der Waals surface area contributed by atoms with Crippen molar-refractivity contribution >= 4 is 57.7 Å². The van der Waals surface area contributed by atoms with Crippen LogP contribution in [0.3, 0.4) is 0 Å². The van der Waals surface area contributed by atoms with E-state index in [0.717, 1.165) is 5.52 Å². The van der Waals surface area contributed by atoms with Crippen LogP contribution < -0.4 is 0 Å². The summed E-state index contributed by atoms with van der Waals surface area (Å²) in [6.45, 7) is 4.76. The molecular weight excluding hydrogens is 419 g/mol. The van der Waals surface area contributed by atoms with Crippen molar-refractivity contribution in [1.29, 1.82) is 0 Å². The average Bonchev–Trinajstić information content (AvgIpc) is 3.04. The van der Waals surface area contributed by atoms with Crippen molar-refractivity contribution in [3.8, 4) is 0 Å². The molecule has 0 atom stereocenters. The van der Waals surface area contributed by atoms with Gasteiger partial charge in [-0.3, -0.25) is 4.79 Å². The Morgan fingerprint density at radius 2 is 1.93 bits per heavy atom. The van der Waals surface area contributed by atoms with Gasteiger partial charge in [-0.15, -0.1) is 0 Å². The first kappa shape index (κ1) is 20.7. The van der Waals surface area contributed by atoms with Crippen molar-refractivity contribution in [1.82, 2.24) is 9.55 Å². The van der Waals surface area contributed by atoms with Crippen LogP contribution in [0.5, 0.6) is 0 Å². The highest BCUT2D eigenvalue weighted by Crippen LogP contribution is 2.27. The highest BCUT2D eigenvalue weighted by molar-refractivity contribution is 7.99. The number of ether oxygens (including phenoxy) is 1. The van der Waals surface area contributed by atoms with Gasteiger partial charge >= 0.3 is 5.97 Å². The van der Waals surface area contributed by atoms with Gasteiger partial charge in [0.05, 0.1) is 34.0 Å². The number of imidazole rings is 1. The van der Waals surface area contributed by atoms with Gasteiger partial charge < -0.3 is 9.30 Å². The Bertz CT molecular complexity index is 1050. The molecule has 0 fully saturated rings. The average molecular weight is 437 g/mol. The molecule has 146 valence electrons. The van der Waals surface area contributed by atoms with Gasteiger partial charge in [-0.1, -0.05) is 35.0 Å². The molecule has 0 bridgehead atoms. The van der Waals surface area contributed by atoms with Gasteiger partial charge in [-0.25, -0.2) is 9.78 Å². The number of hydrogen-bond donors (Lipinski definition) is 0. The quantitative estimate of drug-likeness (QED) is 0.277. The predicted molar refractivity (Wildman–Crippen MR) is 113 cm³/mol. The van der Waals surface area contributed by atoms with Crippen molar-refractivity contribution in [2.75, 3.05) is 12.4 Å². The van der Waals surface area contributed by atoms with Crippen LogP contribution in [0.15, 0.2) is 41.6 Å². The Balaban J connectivity index is 1.85. The zero-order valence-corrected chi connectivity index (χ0v) is 17.7. The number of thioether (sulfide) groups is 1. The highest BCUT2D eigenvalue weighted by Gasteiger charge is 2.17. The predicted octanol–water partition coefficient (Wildman–Crippen LogP) is 5.51. The van der Waals surface area contributed by atoms with Crippen molar-refractivity contribution in [3.05, 3.63) is 57.6 Å². The summed E-state index contributed by atoms with van der Waals surface area (Å²) in [5.74, 6) is -0.330. The molecule has 3 aromatic rings. The third kappa shape index (κ3) is 4.35. The molecule has 0 unspecified atom stereocenters. The van der Waals surface area contributed by atoms with Crippen molar-refractivity contribution in [3.63, 3.8) is 0 Å². The molecule has 0 saturated heterocycles. The molecule has 0 aliphatic heterocycles. The van der Waals surface area contributed by atoms with Gasteiger partial charge in [-0.05, 0) is 50.2 Å². The number of aromatic nitrogens is 2. The number of Topliss-reactive ketones (excluding diaryl/α,β-unsaturated/α-hetero) is 1. The largest absolute Gasteiger partial charge is 0.462 e. The number of esters is 1. The molecule has 2 aromatic carbocycles. The van der Waals surface area contributed by atoms with Crippen LogP contribution in [-0.4, -0.2) is 33.7 Å². The molecule has 0 spiro atoms. The smallest absolute Gasteiger partial charge is 0.338 e. The summed E-state index contributed by atoms with van der Waals surface area (Å²) in [4.78, 5) is 29.1. The number of hydrogen-bond acceptors (Lipinski definition) is 5. The minimum Gasteiger partial charge on any atom is -0.462 e. The van der Waals surface area contributed by atoms with Crippen molar-refractivity contribution < 1.29 is 14.3 Å². The van der Waals surface area contributed by atoms with E-state index in [4.69, 9.17) is 27.9 Å². The number of benzene rings is 2. The Hall–Kier alpha value is -2.02. The fraction of sp³-hybridized carbons (Fsp3) is 0.250. The van der Waals surface area contributed by atoms with Crippen LogP contribution in [0.4, 0.5) is 0 Å². The van der Waals surface area contributed by atoms with Crippen LogP contribution >= 0.6 is 35.0 Å². The van der Waals surface area contributed by atoms with Crippen LogP contribution in [0, 0.1) is 0 Å². The monoisotopic (exact) mass is 436 g/mol. The Kier molecular flexibility index (Phi) is 6.65. The summed E-state index contributed by atoms with van der Waals surface area (Å²) in [6.07, 6.45) is 0. The molecule has 5 nitrogen and oxygen atoms in total. The normalized spacial score (nSPS) is 11.0. The van der Waals surface area contributed by atoms with Gasteiger partial charge in [0.25, 0.3) is 0 Å². The summed E-state index contributed by atoms with van der Waals surface area (Å²) >= 11 is 13.4. The maximum Gasteiger partial charge on any atom is 0.338 e. The minimum atomic E-state index is -0.379. The fourth-order valence-corrected chi connectivity index (χ4v) is 4.14. The molecule has 0 N–H and O–H groups in total. The van der Waals surface area contributed by atoms with Crippen LogP contribution in [-0.2, 0) is 11.3 Å². The van der Waals surface area contributed by atoms with E-state index in [1.807, 2.05) is 17.6 Å². The third-order valence-corrected chi connectivity index (χ3v) is 5.64. The van der Waals surface area contributed by atoms with E-state index in [-0.39, 0.29) is 17.5 Å². The topological polar surface area (TPSA) is 61.2 Å². The highest BCUT2D eigenvalue weighted by atomic mass is 35.5. The van der Waals surface area contributed by atoms with Crippen molar-refractivity contribution in [2.24, 2.45) is 0 Å². The fourth-order valence-electron chi connectivity index (χ4n) is 2.78. The SMILES string of the molecule is CCOC(=O)c1ccc2c(c1)nc(SCC(=O)c1cc(Cl)ccc1Cl)n2CC. The van der Waals surface area contributed by atoms with Crippen LogP contribution in [0.1, 0.15) is 34.6 Å². The second-order valence-corrected chi connectivity index (χ2v) is 7.68. The summed E-state index contributed by atoms with van der Waals surface area (Å²) in [7, 11) is 0.